The number of carbonyl (C=O) groups is 2. The van der Waals surface area contributed by atoms with Gasteiger partial charge in [0.15, 0.2) is 6.04 Å². The van der Waals surface area contributed by atoms with Gasteiger partial charge in [0, 0.05) is 25.2 Å². The predicted octanol–water partition coefficient (Wildman–Crippen LogP) is 1.23. The Kier molecular flexibility index (Phi) is 5.48. The van der Waals surface area contributed by atoms with E-state index in [9.17, 15) is 14.7 Å². The van der Waals surface area contributed by atoms with E-state index in [-0.39, 0.29) is 11.6 Å². The molecule has 1 unspecified atom stereocenters. The number of carbonyl (C=O) groups excluding carboxylic acids is 1. The van der Waals surface area contributed by atoms with Crippen LogP contribution >= 0.6 is 0 Å². The van der Waals surface area contributed by atoms with E-state index in [0.29, 0.717) is 18.7 Å². The van der Waals surface area contributed by atoms with Gasteiger partial charge in [-0.05, 0) is 45.6 Å². The topological polar surface area (TPSA) is 76.1 Å². The number of piperazine rings is 1. The second-order valence-electron chi connectivity index (χ2n) is 7.50. The summed E-state index contributed by atoms with van der Waals surface area (Å²) in [6.07, 6.45) is 2.04. The van der Waals surface area contributed by atoms with E-state index >= 15 is 0 Å². The quantitative estimate of drug-likeness (QED) is 0.848. The van der Waals surface area contributed by atoms with Crippen molar-refractivity contribution in [3.63, 3.8) is 0 Å². The fourth-order valence-corrected chi connectivity index (χ4v) is 3.96. The summed E-state index contributed by atoms with van der Waals surface area (Å²) in [5.74, 6) is -1.05. The number of nitrogens with zero attached hydrogens (tertiary/aromatic N) is 3. The molecule has 2 saturated heterocycles. The first-order chi connectivity index (χ1) is 12.4. The summed E-state index contributed by atoms with van der Waals surface area (Å²) < 4.78 is 0. The molecule has 1 spiro atoms. The highest BCUT2D eigenvalue weighted by Gasteiger charge is 2.43. The molecule has 7 heteroatoms. The van der Waals surface area contributed by atoms with Crippen molar-refractivity contribution in [2.75, 3.05) is 46.8 Å². The second kappa shape index (κ2) is 7.63. The zero-order valence-corrected chi connectivity index (χ0v) is 15.5. The average molecular weight is 360 g/mol. The van der Waals surface area contributed by atoms with E-state index in [4.69, 9.17) is 0 Å². The van der Waals surface area contributed by atoms with Gasteiger partial charge < -0.3 is 20.2 Å². The van der Waals surface area contributed by atoms with Crippen LogP contribution in [0.1, 0.15) is 24.4 Å². The highest BCUT2D eigenvalue weighted by atomic mass is 16.4. The van der Waals surface area contributed by atoms with Crippen molar-refractivity contribution in [3.05, 3.63) is 35.9 Å². The number of nitrogens with one attached hydrogen (secondary N) is 1. The highest BCUT2D eigenvalue weighted by molar-refractivity contribution is 5.83. The lowest BCUT2D eigenvalue weighted by Crippen LogP contribution is -2.66. The molecule has 142 valence electrons. The van der Waals surface area contributed by atoms with Crippen LogP contribution in [0.3, 0.4) is 0 Å². The summed E-state index contributed by atoms with van der Waals surface area (Å²) in [5.41, 5.74) is 0.574. The Hall–Kier alpha value is -2.12. The van der Waals surface area contributed by atoms with Crippen LogP contribution in [0, 0.1) is 0 Å². The van der Waals surface area contributed by atoms with Crippen LogP contribution in [0.5, 0.6) is 0 Å². The van der Waals surface area contributed by atoms with E-state index in [0.717, 1.165) is 32.5 Å². The molecular formula is C19H28N4O3. The summed E-state index contributed by atoms with van der Waals surface area (Å²) in [6, 6.07) is 7.50. The van der Waals surface area contributed by atoms with Crippen molar-refractivity contribution in [1.29, 1.82) is 0 Å². The van der Waals surface area contributed by atoms with Crippen LogP contribution in [0.2, 0.25) is 0 Å². The van der Waals surface area contributed by atoms with Crippen molar-refractivity contribution in [3.8, 4) is 0 Å². The van der Waals surface area contributed by atoms with E-state index in [1.807, 2.05) is 6.07 Å². The van der Waals surface area contributed by atoms with Gasteiger partial charge in [0.25, 0.3) is 0 Å². The largest absolute Gasteiger partial charge is 0.479 e. The third-order valence-electron chi connectivity index (χ3n) is 5.85. The normalized spacial score (nSPS) is 22.2. The lowest BCUT2D eigenvalue weighted by Gasteiger charge is -2.52. The van der Waals surface area contributed by atoms with Gasteiger partial charge in [0.1, 0.15) is 0 Å². The maximum absolute atomic E-state index is 12.8. The first-order valence-corrected chi connectivity index (χ1v) is 9.14. The zero-order valence-electron chi connectivity index (χ0n) is 15.5. The molecule has 0 radical (unpaired) electrons. The molecule has 0 bridgehead atoms. The Morgan fingerprint density at radius 3 is 2.35 bits per heavy atom. The maximum Gasteiger partial charge on any atom is 0.330 e. The molecule has 2 N–H and O–H groups in total. The summed E-state index contributed by atoms with van der Waals surface area (Å²) in [4.78, 5) is 30.9. The fourth-order valence-electron chi connectivity index (χ4n) is 3.96. The van der Waals surface area contributed by atoms with Crippen molar-refractivity contribution < 1.29 is 14.7 Å². The molecule has 26 heavy (non-hydrogen) atoms. The number of amides is 2. The molecule has 1 aromatic carbocycles. The van der Waals surface area contributed by atoms with Crippen molar-refractivity contribution in [2.45, 2.75) is 24.4 Å². The molecule has 0 aliphatic carbocycles. The van der Waals surface area contributed by atoms with Gasteiger partial charge in [-0.2, -0.15) is 0 Å². The molecule has 2 aliphatic heterocycles. The summed E-state index contributed by atoms with van der Waals surface area (Å²) in [7, 11) is 4.25. The summed E-state index contributed by atoms with van der Waals surface area (Å²) >= 11 is 0. The molecule has 1 atom stereocenters. The van der Waals surface area contributed by atoms with Gasteiger partial charge in [-0.3, -0.25) is 4.90 Å². The maximum atomic E-state index is 12.8. The molecule has 2 heterocycles. The Morgan fingerprint density at radius 1 is 1.08 bits per heavy atom. The van der Waals surface area contributed by atoms with Crippen LogP contribution in [0.25, 0.3) is 0 Å². The monoisotopic (exact) mass is 360 g/mol. The zero-order chi connectivity index (χ0) is 18.7. The molecule has 1 aromatic rings. The first kappa shape index (κ1) is 18.7. The number of hydrogen-bond acceptors (Lipinski definition) is 4. The average Bonchev–Trinajstić information content (AvgIpc) is 2.64. The molecule has 2 aliphatic rings. The molecule has 7 nitrogen and oxygen atoms in total. The van der Waals surface area contributed by atoms with E-state index in [1.165, 1.54) is 0 Å². The number of piperidine rings is 1. The first-order valence-electron chi connectivity index (χ1n) is 9.14. The third-order valence-corrected chi connectivity index (χ3v) is 5.85. The minimum absolute atomic E-state index is 0.00638. The molecule has 0 saturated carbocycles. The number of urea groups is 1. The third kappa shape index (κ3) is 3.83. The number of carboxylic acids is 1. The highest BCUT2D eigenvalue weighted by Crippen LogP contribution is 2.31. The Labute approximate surface area is 154 Å². The Bertz CT molecular complexity index is 643. The van der Waals surface area contributed by atoms with Gasteiger partial charge in [-0.25, -0.2) is 9.59 Å². The van der Waals surface area contributed by atoms with Gasteiger partial charge in [-0.1, -0.05) is 30.3 Å². The number of likely N-dealkylation sites (tertiary alicyclic amines) is 1. The van der Waals surface area contributed by atoms with Gasteiger partial charge in [0.05, 0.1) is 0 Å². The van der Waals surface area contributed by atoms with Crippen molar-refractivity contribution in [1.82, 2.24) is 20.0 Å². The molecule has 2 fully saturated rings. The Morgan fingerprint density at radius 2 is 1.73 bits per heavy atom. The molecule has 3 rings (SSSR count). The number of hydrogen-bond donors (Lipinski definition) is 2. The number of rotatable bonds is 3. The number of carboxylic acid groups (broad SMARTS) is 1. The summed E-state index contributed by atoms with van der Waals surface area (Å²) in [6.45, 7) is 4.09. The minimum Gasteiger partial charge on any atom is -0.479 e. The van der Waals surface area contributed by atoms with Gasteiger partial charge in [-0.15, -0.1) is 0 Å². The Balaban J connectivity index is 1.70. The van der Waals surface area contributed by atoms with Crippen LogP contribution in [0.15, 0.2) is 30.3 Å². The number of aliphatic carboxylic acids is 1. The van der Waals surface area contributed by atoms with Crippen LogP contribution in [-0.4, -0.2) is 84.2 Å². The van der Waals surface area contributed by atoms with Crippen molar-refractivity contribution in [2.24, 2.45) is 0 Å². The lowest BCUT2D eigenvalue weighted by atomic mass is 9.84. The second-order valence-corrected chi connectivity index (χ2v) is 7.50. The smallest absolute Gasteiger partial charge is 0.330 e. The van der Waals surface area contributed by atoms with Gasteiger partial charge >= 0.3 is 12.0 Å². The van der Waals surface area contributed by atoms with Crippen LogP contribution < -0.4 is 5.32 Å². The number of benzene rings is 1. The van der Waals surface area contributed by atoms with Crippen molar-refractivity contribution >= 4 is 12.0 Å². The minimum atomic E-state index is -1.05. The van der Waals surface area contributed by atoms with Crippen LogP contribution in [0.4, 0.5) is 4.79 Å². The molecule has 2 amide bonds. The van der Waals surface area contributed by atoms with E-state index in [1.54, 1.807) is 29.2 Å². The van der Waals surface area contributed by atoms with Gasteiger partial charge in [0.2, 0.25) is 0 Å². The standard InChI is InChI=1S/C19H28N4O3/c1-21-10-8-19(9-11-21)14-23(13-12-22(19)2)18(26)20-16(17(24)25)15-6-4-3-5-7-15/h3-7,16H,8-14H2,1-2H3,(H,20,26)(H,24,25). The number of likely N-dealkylation sites (N-methyl/N-ethyl adjacent to an activating group) is 1. The predicted molar refractivity (Wildman–Crippen MR) is 99.0 cm³/mol. The van der Waals surface area contributed by atoms with Crippen LogP contribution in [-0.2, 0) is 4.79 Å². The SMILES string of the molecule is CN1CCC2(CC1)CN(C(=O)NC(C(=O)O)c1ccccc1)CCN2C. The lowest BCUT2D eigenvalue weighted by molar-refractivity contribution is -0.139. The molecule has 0 aromatic heterocycles. The molecular weight excluding hydrogens is 332 g/mol. The summed E-state index contributed by atoms with van der Waals surface area (Å²) in [5, 5.41) is 12.2. The van der Waals surface area contributed by atoms with E-state index < -0.39 is 12.0 Å². The van der Waals surface area contributed by atoms with E-state index in [2.05, 4.69) is 29.2 Å². The fraction of sp³-hybridized carbons (Fsp3) is 0.579.